The summed E-state index contributed by atoms with van der Waals surface area (Å²) in [5, 5.41) is 0. The second-order valence-corrected chi connectivity index (χ2v) is 7.14. The maximum atomic E-state index is 12.9. The third-order valence-electron chi connectivity index (χ3n) is 4.02. The summed E-state index contributed by atoms with van der Waals surface area (Å²) in [6, 6.07) is 2.86. The van der Waals surface area contributed by atoms with E-state index < -0.39 is 10.0 Å². The molecule has 118 valence electrons. The van der Waals surface area contributed by atoms with Crippen molar-refractivity contribution in [1.82, 2.24) is 4.31 Å². The van der Waals surface area contributed by atoms with Crippen molar-refractivity contribution in [3.63, 3.8) is 0 Å². The zero-order valence-electron chi connectivity index (χ0n) is 12.8. The molecule has 1 heterocycles. The van der Waals surface area contributed by atoms with Crippen molar-refractivity contribution in [2.75, 3.05) is 20.8 Å². The lowest BCUT2D eigenvalue weighted by Crippen LogP contribution is -2.40. The lowest BCUT2D eigenvalue weighted by molar-refractivity contribution is 0.352. The van der Waals surface area contributed by atoms with E-state index in [1.807, 2.05) is 6.92 Å². The summed E-state index contributed by atoms with van der Waals surface area (Å²) >= 11 is 0. The van der Waals surface area contributed by atoms with E-state index >= 15 is 0 Å². The molecule has 0 aromatic heterocycles. The Morgan fingerprint density at radius 2 is 1.81 bits per heavy atom. The van der Waals surface area contributed by atoms with Crippen LogP contribution < -0.4 is 15.2 Å². The average molecular weight is 314 g/mol. The predicted octanol–water partition coefficient (Wildman–Crippen LogP) is 1.12. The molecule has 0 amide bonds. The fourth-order valence-electron chi connectivity index (χ4n) is 2.64. The molecule has 0 bridgehead atoms. The molecule has 1 aromatic carbocycles. The molecule has 0 aliphatic carbocycles. The molecule has 21 heavy (non-hydrogen) atoms. The van der Waals surface area contributed by atoms with Gasteiger partial charge in [-0.05, 0) is 31.9 Å². The van der Waals surface area contributed by atoms with Crippen LogP contribution in [0, 0.1) is 6.92 Å². The van der Waals surface area contributed by atoms with Crippen LogP contribution in [-0.2, 0) is 10.0 Å². The van der Waals surface area contributed by atoms with Gasteiger partial charge in [0.05, 0.1) is 19.1 Å². The van der Waals surface area contributed by atoms with Crippen molar-refractivity contribution < 1.29 is 17.9 Å². The van der Waals surface area contributed by atoms with Crippen LogP contribution in [0.25, 0.3) is 0 Å². The van der Waals surface area contributed by atoms with Crippen LogP contribution in [0.1, 0.15) is 18.9 Å². The van der Waals surface area contributed by atoms with E-state index in [-0.39, 0.29) is 17.0 Å². The number of ether oxygens (including phenoxy) is 2. The highest BCUT2D eigenvalue weighted by atomic mass is 32.2. The number of nitrogens with zero attached hydrogens (tertiary/aromatic N) is 1. The molecule has 0 spiro atoms. The predicted molar refractivity (Wildman–Crippen MR) is 80.2 cm³/mol. The standard InChI is InChI=1S/C14H22N2O4S/c1-9-7-12(19-3)13(20-4)8-14(9)21(17,18)16-6-5-11(15)10(16)2/h7-8,10-11H,5-6,15H2,1-4H3. The molecule has 1 aliphatic heterocycles. The molecule has 2 atom stereocenters. The second-order valence-electron chi connectivity index (χ2n) is 5.28. The summed E-state index contributed by atoms with van der Waals surface area (Å²) in [6.45, 7) is 4.03. The number of hydrogen-bond donors (Lipinski definition) is 1. The summed E-state index contributed by atoms with van der Waals surface area (Å²) in [6.07, 6.45) is 0.673. The van der Waals surface area contributed by atoms with Crippen molar-refractivity contribution in [2.45, 2.75) is 37.2 Å². The van der Waals surface area contributed by atoms with E-state index in [0.29, 0.717) is 30.0 Å². The molecule has 6 nitrogen and oxygen atoms in total. The van der Waals surface area contributed by atoms with E-state index in [1.54, 1.807) is 13.0 Å². The van der Waals surface area contributed by atoms with Crippen LogP contribution in [-0.4, -0.2) is 45.6 Å². The van der Waals surface area contributed by atoms with Gasteiger partial charge in [-0.1, -0.05) is 0 Å². The van der Waals surface area contributed by atoms with Crippen LogP contribution >= 0.6 is 0 Å². The molecular formula is C14H22N2O4S. The summed E-state index contributed by atoms with van der Waals surface area (Å²) < 4.78 is 37.6. The van der Waals surface area contributed by atoms with E-state index in [0.717, 1.165) is 0 Å². The Labute approximate surface area is 125 Å². The van der Waals surface area contributed by atoms with Crippen molar-refractivity contribution in [1.29, 1.82) is 0 Å². The summed E-state index contributed by atoms with van der Waals surface area (Å²) in [7, 11) is -0.586. The largest absolute Gasteiger partial charge is 0.493 e. The van der Waals surface area contributed by atoms with Gasteiger partial charge in [0.15, 0.2) is 11.5 Å². The van der Waals surface area contributed by atoms with Gasteiger partial charge in [-0.15, -0.1) is 0 Å². The number of benzene rings is 1. The third kappa shape index (κ3) is 2.73. The molecule has 2 unspecified atom stereocenters. The van der Waals surface area contributed by atoms with Crippen LogP contribution in [0.15, 0.2) is 17.0 Å². The van der Waals surface area contributed by atoms with E-state index in [4.69, 9.17) is 15.2 Å². The topological polar surface area (TPSA) is 81.9 Å². The first-order chi connectivity index (χ1) is 9.82. The van der Waals surface area contributed by atoms with Crippen LogP contribution in [0.3, 0.4) is 0 Å². The highest BCUT2D eigenvalue weighted by Gasteiger charge is 2.38. The Bertz CT molecular complexity index is 630. The van der Waals surface area contributed by atoms with Crippen LogP contribution in [0.2, 0.25) is 0 Å². The number of aryl methyl sites for hydroxylation is 1. The van der Waals surface area contributed by atoms with Crippen molar-refractivity contribution in [3.05, 3.63) is 17.7 Å². The molecule has 7 heteroatoms. The molecular weight excluding hydrogens is 292 g/mol. The molecule has 2 N–H and O–H groups in total. The lowest BCUT2D eigenvalue weighted by atomic mass is 10.2. The van der Waals surface area contributed by atoms with Gasteiger partial charge in [-0.25, -0.2) is 8.42 Å². The van der Waals surface area contributed by atoms with Gasteiger partial charge in [0, 0.05) is 24.7 Å². The second kappa shape index (κ2) is 5.82. The minimum absolute atomic E-state index is 0.125. The number of sulfonamides is 1. The lowest BCUT2D eigenvalue weighted by Gasteiger charge is -2.24. The van der Waals surface area contributed by atoms with Gasteiger partial charge in [0.1, 0.15) is 0 Å². The third-order valence-corrected chi connectivity index (χ3v) is 6.15. The molecule has 1 aliphatic rings. The zero-order chi connectivity index (χ0) is 15.8. The molecule has 1 saturated heterocycles. The fourth-order valence-corrected chi connectivity index (χ4v) is 4.55. The Balaban J connectivity index is 2.50. The highest BCUT2D eigenvalue weighted by molar-refractivity contribution is 7.89. The summed E-state index contributed by atoms with van der Waals surface area (Å²) in [4.78, 5) is 0.237. The molecule has 2 rings (SSSR count). The fraction of sp³-hybridized carbons (Fsp3) is 0.571. The van der Waals surface area contributed by atoms with Gasteiger partial charge in [-0.3, -0.25) is 0 Å². The number of rotatable bonds is 4. The van der Waals surface area contributed by atoms with E-state index in [2.05, 4.69) is 0 Å². The van der Waals surface area contributed by atoms with Gasteiger partial charge < -0.3 is 15.2 Å². The Hall–Kier alpha value is -1.31. The summed E-state index contributed by atoms with van der Waals surface area (Å²) in [5.74, 6) is 0.915. The zero-order valence-corrected chi connectivity index (χ0v) is 13.6. The van der Waals surface area contributed by atoms with E-state index in [9.17, 15) is 8.42 Å². The SMILES string of the molecule is COc1cc(C)c(S(=O)(=O)N2CCC(N)C2C)cc1OC. The smallest absolute Gasteiger partial charge is 0.243 e. The van der Waals surface area contributed by atoms with Gasteiger partial charge in [0.25, 0.3) is 0 Å². The van der Waals surface area contributed by atoms with Crippen molar-refractivity contribution in [3.8, 4) is 11.5 Å². The minimum atomic E-state index is -3.59. The minimum Gasteiger partial charge on any atom is -0.493 e. The normalized spacial score (nSPS) is 23.3. The maximum Gasteiger partial charge on any atom is 0.243 e. The van der Waals surface area contributed by atoms with Gasteiger partial charge in [0.2, 0.25) is 10.0 Å². The first-order valence-corrected chi connectivity index (χ1v) is 8.27. The van der Waals surface area contributed by atoms with Crippen molar-refractivity contribution in [2.24, 2.45) is 5.73 Å². The number of hydrogen-bond acceptors (Lipinski definition) is 5. The summed E-state index contributed by atoms with van der Waals surface area (Å²) in [5.41, 5.74) is 6.56. The highest BCUT2D eigenvalue weighted by Crippen LogP contribution is 2.35. The van der Waals surface area contributed by atoms with Crippen LogP contribution in [0.4, 0.5) is 0 Å². The quantitative estimate of drug-likeness (QED) is 0.900. The van der Waals surface area contributed by atoms with Gasteiger partial charge >= 0.3 is 0 Å². The average Bonchev–Trinajstić information content (AvgIpc) is 2.78. The number of nitrogens with two attached hydrogens (primary N) is 1. The molecule has 0 radical (unpaired) electrons. The Kier molecular flexibility index (Phi) is 4.46. The van der Waals surface area contributed by atoms with Crippen LogP contribution in [0.5, 0.6) is 11.5 Å². The first kappa shape index (κ1) is 16.1. The van der Waals surface area contributed by atoms with E-state index in [1.165, 1.54) is 24.6 Å². The molecule has 0 saturated carbocycles. The van der Waals surface area contributed by atoms with Gasteiger partial charge in [-0.2, -0.15) is 4.31 Å². The molecule has 1 fully saturated rings. The maximum absolute atomic E-state index is 12.9. The van der Waals surface area contributed by atoms with Crippen molar-refractivity contribution >= 4 is 10.0 Å². The number of methoxy groups -OCH3 is 2. The molecule has 1 aromatic rings. The monoisotopic (exact) mass is 314 g/mol. The first-order valence-electron chi connectivity index (χ1n) is 6.83. The Morgan fingerprint density at radius 1 is 1.24 bits per heavy atom. The Morgan fingerprint density at radius 3 is 2.29 bits per heavy atom.